The van der Waals surface area contributed by atoms with Crippen LogP contribution in [-0.4, -0.2) is 18.6 Å². The third-order valence-electron chi connectivity index (χ3n) is 2.92. The number of halogens is 1. The molecule has 1 aromatic carbocycles. The van der Waals surface area contributed by atoms with Crippen LogP contribution in [0, 0.1) is 0 Å². The highest BCUT2D eigenvalue weighted by molar-refractivity contribution is 7.98. The summed E-state index contributed by atoms with van der Waals surface area (Å²) in [6.07, 6.45) is 3.19. The van der Waals surface area contributed by atoms with Gasteiger partial charge in [-0.05, 0) is 37.1 Å². The van der Waals surface area contributed by atoms with E-state index in [1.165, 1.54) is 0 Å². The predicted octanol–water partition coefficient (Wildman–Crippen LogP) is 4.49. The molecule has 1 heterocycles. The second-order valence-corrected chi connectivity index (χ2v) is 5.59. The Bertz CT molecular complexity index is 511. The van der Waals surface area contributed by atoms with Crippen LogP contribution in [0.2, 0.25) is 5.02 Å². The van der Waals surface area contributed by atoms with Crippen LogP contribution >= 0.6 is 23.4 Å². The van der Waals surface area contributed by atoms with Crippen LogP contribution in [0.25, 0.3) is 11.0 Å². The van der Waals surface area contributed by atoms with Gasteiger partial charge in [0, 0.05) is 5.39 Å². The van der Waals surface area contributed by atoms with Crippen LogP contribution in [0.3, 0.4) is 0 Å². The fourth-order valence-corrected chi connectivity index (χ4v) is 2.74. The predicted molar refractivity (Wildman–Crippen MR) is 80.6 cm³/mol. The lowest BCUT2D eigenvalue weighted by Gasteiger charge is -2.14. The molecule has 1 unspecified atom stereocenters. The molecule has 0 amide bonds. The zero-order valence-corrected chi connectivity index (χ0v) is 12.3. The van der Waals surface area contributed by atoms with Gasteiger partial charge in [-0.1, -0.05) is 30.7 Å². The average molecular weight is 284 g/mol. The molecule has 2 rings (SSSR count). The van der Waals surface area contributed by atoms with Crippen molar-refractivity contribution in [3.63, 3.8) is 0 Å². The molecule has 0 aliphatic heterocycles. The van der Waals surface area contributed by atoms with Crippen molar-refractivity contribution in [1.29, 1.82) is 0 Å². The Morgan fingerprint density at radius 1 is 1.44 bits per heavy atom. The molecule has 0 radical (unpaired) electrons. The zero-order valence-electron chi connectivity index (χ0n) is 10.7. The second-order valence-electron chi connectivity index (χ2n) is 4.20. The summed E-state index contributed by atoms with van der Waals surface area (Å²) in [6.45, 7) is 3.05. The Morgan fingerprint density at radius 2 is 2.28 bits per heavy atom. The van der Waals surface area contributed by atoms with Gasteiger partial charge in [0.1, 0.15) is 5.76 Å². The highest BCUT2D eigenvalue weighted by atomic mass is 35.5. The number of fused-ring (bicyclic) bond motifs is 1. The highest BCUT2D eigenvalue weighted by Gasteiger charge is 2.16. The molecule has 0 spiro atoms. The molecule has 0 aliphatic rings. The molecule has 98 valence electrons. The molecule has 0 fully saturated rings. The largest absolute Gasteiger partial charge is 0.458 e. The topological polar surface area (TPSA) is 25.2 Å². The number of nitrogens with one attached hydrogen (secondary N) is 1. The van der Waals surface area contributed by atoms with Gasteiger partial charge in [-0.3, -0.25) is 0 Å². The van der Waals surface area contributed by atoms with Crippen molar-refractivity contribution in [2.75, 3.05) is 18.6 Å². The minimum Gasteiger partial charge on any atom is -0.458 e. The Labute approximate surface area is 117 Å². The first-order valence-corrected chi connectivity index (χ1v) is 7.93. The van der Waals surface area contributed by atoms with Crippen LogP contribution in [0.1, 0.15) is 25.1 Å². The lowest BCUT2D eigenvalue weighted by atomic mass is 10.1. The summed E-state index contributed by atoms with van der Waals surface area (Å²) in [5.74, 6) is 2.09. The summed E-state index contributed by atoms with van der Waals surface area (Å²) < 4.78 is 5.91. The number of hydrogen-bond donors (Lipinski definition) is 1. The quantitative estimate of drug-likeness (QED) is 0.845. The molecule has 2 nitrogen and oxygen atoms in total. The van der Waals surface area contributed by atoms with E-state index in [-0.39, 0.29) is 6.04 Å². The molecule has 1 atom stereocenters. The van der Waals surface area contributed by atoms with E-state index in [1.54, 1.807) is 0 Å². The van der Waals surface area contributed by atoms with Gasteiger partial charge in [0.25, 0.3) is 0 Å². The summed E-state index contributed by atoms with van der Waals surface area (Å²) in [5.41, 5.74) is 0.793. The van der Waals surface area contributed by atoms with E-state index in [0.29, 0.717) is 5.02 Å². The molecule has 0 saturated carbocycles. The normalized spacial score (nSPS) is 13.1. The number of hydrogen-bond acceptors (Lipinski definition) is 3. The van der Waals surface area contributed by atoms with Crippen molar-refractivity contribution in [2.45, 2.75) is 19.4 Å². The Hall–Kier alpha value is -0.640. The van der Waals surface area contributed by atoms with Gasteiger partial charge in [0.15, 0.2) is 5.58 Å². The van der Waals surface area contributed by atoms with Crippen molar-refractivity contribution in [1.82, 2.24) is 5.32 Å². The summed E-state index contributed by atoms with van der Waals surface area (Å²) in [4.78, 5) is 0. The standard InChI is InChI=1S/C14H18ClNOS/c1-3-16-12(7-8-18-2)13-9-10-5-4-6-11(15)14(10)17-13/h4-6,9,12,16H,3,7-8H2,1-2H3. The smallest absolute Gasteiger partial charge is 0.152 e. The van der Waals surface area contributed by atoms with Crippen molar-refractivity contribution in [2.24, 2.45) is 0 Å². The number of thioether (sulfide) groups is 1. The van der Waals surface area contributed by atoms with E-state index in [2.05, 4.69) is 24.6 Å². The van der Waals surface area contributed by atoms with Crippen molar-refractivity contribution < 1.29 is 4.42 Å². The molecular formula is C14H18ClNOS. The number of furan rings is 1. The minimum absolute atomic E-state index is 0.269. The first-order chi connectivity index (χ1) is 8.76. The molecule has 0 saturated heterocycles. The Kier molecular flexibility index (Phi) is 4.98. The van der Waals surface area contributed by atoms with Crippen molar-refractivity contribution in [3.8, 4) is 0 Å². The van der Waals surface area contributed by atoms with E-state index in [4.69, 9.17) is 16.0 Å². The Balaban J connectivity index is 2.29. The third kappa shape index (κ3) is 3.02. The van der Waals surface area contributed by atoms with Crippen LogP contribution in [0.4, 0.5) is 0 Å². The summed E-state index contributed by atoms with van der Waals surface area (Å²) in [5, 5.41) is 5.22. The van der Waals surface area contributed by atoms with Crippen LogP contribution in [0.5, 0.6) is 0 Å². The van der Waals surface area contributed by atoms with Gasteiger partial charge in [0.2, 0.25) is 0 Å². The van der Waals surface area contributed by atoms with E-state index in [1.807, 2.05) is 30.0 Å². The van der Waals surface area contributed by atoms with Crippen molar-refractivity contribution in [3.05, 3.63) is 35.0 Å². The molecule has 1 aromatic heterocycles. The van der Waals surface area contributed by atoms with E-state index in [0.717, 1.165) is 35.4 Å². The van der Waals surface area contributed by atoms with Gasteiger partial charge in [-0.15, -0.1) is 0 Å². The van der Waals surface area contributed by atoms with Gasteiger partial charge in [-0.25, -0.2) is 0 Å². The molecule has 4 heteroatoms. The lowest BCUT2D eigenvalue weighted by Crippen LogP contribution is -2.20. The van der Waals surface area contributed by atoms with Gasteiger partial charge >= 0.3 is 0 Å². The lowest BCUT2D eigenvalue weighted by molar-refractivity contribution is 0.430. The number of rotatable bonds is 6. The Morgan fingerprint density at radius 3 is 2.94 bits per heavy atom. The van der Waals surface area contributed by atoms with Gasteiger partial charge < -0.3 is 9.73 Å². The van der Waals surface area contributed by atoms with Crippen LogP contribution in [-0.2, 0) is 0 Å². The highest BCUT2D eigenvalue weighted by Crippen LogP contribution is 2.30. The van der Waals surface area contributed by atoms with Gasteiger partial charge in [0.05, 0.1) is 11.1 Å². The SMILES string of the molecule is CCNC(CCSC)c1cc2cccc(Cl)c2o1. The molecule has 2 aromatic rings. The molecule has 1 N–H and O–H groups in total. The van der Waals surface area contributed by atoms with Gasteiger partial charge in [-0.2, -0.15) is 11.8 Å². The van der Waals surface area contributed by atoms with Crippen LogP contribution < -0.4 is 5.32 Å². The minimum atomic E-state index is 0.269. The van der Waals surface area contributed by atoms with E-state index in [9.17, 15) is 0 Å². The summed E-state index contributed by atoms with van der Waals surface area (Å²) in [6, 6.07) is 8.21. The first kappa shape index (κ1) is 13.8. The monoisotopic (exact) mass is 283 g/mol. The second kappa shape index (κ2) is 6.50. The third-order valence-corrected chi connectivity index (χ3v) is 3.86. The fourth-order valence-electron chi connectivity index (χ4n) is 2.05. The number of para-hydroxylation sites is 1. The van der Waals surface area contributed by atoms with E-state index >= 15 is 0 Å². The van der Waals surface area contributed by atoms with Crippen molar-refractivity contribution >= 4 is 34.3 Å². The first-order valence-electron chi connectivity index (χ1n) is 6.16. The summed E-state index contributed by atoms with van der Waals surface area (Å²) in [7, 11) is 0. The zero-order chi connectivity index (χ0) is 13.0. The maximum atomic E-state index is 6.14. The summed E-state index contributed by atoms with van der Waals surface area (Å²) >= 11 is 7.99. The molecule has 18 heavy (non-hydrogen) atoms. The van der Waals surface area contributed by atoms with Crippen LogP contribution in [0.15, 0.2) is 28.7 Å². The maximum absolute atomic E-state index is 6.14. The maximum Gasteiger partial charge on any atom is 0.152 e. The average Bonchev–Trinajstić information content (AvgIpc) is 2.80. The molecule has 0 aliphatic carbocycles. The fraction of sp³-hybridized carbons (Fsp3) is 0.429. The molecule has 0 bridgehead atoms. The number of benzene rings is 1. The van der Waals surface area contributed by atoms with E-state index < -0.39 is 0 Å². The molecular weight excluding hydrogens is 266 g/mol.